The van der Waals surface area contributed by atoms with Crippen molar-refractivity contribution >= 4 is 37.8 Å². The summed E-state index contributed by atoms with van der Waals surface area (Å²) in [6.45, 7) is 4.18. The number of halogens is 2. The van der Waals surface area contributed by atoms with Crippen LogP contribution in [0.15, 0.2) is 12.2 Å². The third-order valence-corrected chi connectivity index (χ3v) is 5.98. The molecule has 0 saturated heterocycles. The predicted molar refractivity (Wildman–Crippen MR) is 93.8 cm³/mol. The van der Waals surface area contributed by atoms with E-state index in [1.807, 2.05) is 0 Å². The maximum Gasteiger partial charge on any atom is 0.302 e. The van der Waals surface area contributed by atoms with E-state index in [1.165, 1.54) is 39.0 Å². The Balaban J connectivity index is 3.47. The predicted octanol–water partition coefficient (Wildman–Crippen LogP) is 5.77. The lowest BCUT2D eigenvalue weighted by atomic mass is 10.1. The van der Waals surface area contributed by atoms with Crippen molar-refractivity contribution < 1.29 is 9.53 Å². The van der Waals surface area contributed by atoms with E-state index in [9.17, 15) is 4.79 Å². The van der Waals surface area contributed by atoms with Crippen LogP contribution < -0.4 is 0 Å². The van der Waals surface area contributed by atoms with Gasteiger partial charge < -0.3 is 4.74 Å². The molecule has 2 atom stereocenters. The smallest absolute Gasteiger partial charge is 0.302 e. The fraction of sp³-hybridized carbons (Fsp3) is 0.812. The molecule has 0 aliphatic heterocycles. The highest BCUT2D eigenvalue weighted by Crippen LogP contribution is 2.24. The van der Waals surface area contributed by atoms with Gasteiger partial charge in [-0.2, -0.15) is 0 Å². The van der Waals surface area contributed by atoms with Gasteiger partial charge in [0.1, 0.15) is 0 Å². The highest BCUT2D eigenvalue weighted by molar-refractivity contribution is 9.12. The first-order valence-electron chi connectivity index (χ1n) is 7.64. The summed E-state index contributed by atoms with van der Waals surface area (Å²) in [6, 6.07) is 0. The van der Waals surface area contributed by atoms with Gasteiger partial charge in [-0.25, -0.2) is 0 Å². The number of ether oxygens (including phenoxy) is 1. The maximum absolute atomic E-state index is 10.6. The number of rotatable bonds is 12. The monoisotopic (exact) mass is 410 g/mol. The van der Waals surface area contributed by atoms with Gasteiger partial charge in [0.25, 0.3) is 0 Å². The summed E-state index contributed by atoms with van der Waals surface area (Å²) in [4.78, 5) is 11.7. The summed E-state index contributed by atoms with van der Waals surface area (Å²) in [6.07, 6.45) is 13.7. The van der Waals surface area contributed by atoms with E-state index in [1.54, 1.807) is 0 Å². The summed E-state index contributed by atoms with van der Waals surface area (Å²) >= 11 is 7.54. The highest BCUT2D eigenvalue weighted by atomic mass is 79.9. The van der Waals surface area contributed by atoms with Gasteiger partial charge in [0.05, 0.1) is 6.61 Å². The van der Waals surface area contributed by atoms with Gasteiger partial charge in [0.2, 0.25) is 0 Å². The summed E-state index contributed by atoms with van der Waals surface area (Å²) in [5.41, 5.74) is 0. The fourth-order valence-corrected chi connectivity index (χ4v) is 3.09. The molecule has 0 aliphatic carbocycles. The Hall–Kier alpha value is 0.170. The standard InChI is InChI=1S/C16H28Br2O2/c1-3-4-5-6-8-11-15(17)16(18)12-9-7-10-13-20-14(2)19/h4-5,15-16H,3,6-13H2,1-2H3/b5-4+. The first kappa shape index (κ1) is 20.2. The molecule has 0 aromatic rings. The van der Waals surface area contributed by atoms with Crippen LogP contribution >= 0.6 is 31.9 Å². The molecule has 0 radical (unpaired) electrons. The number of unbranched alkanes of at least 4 members (excludes halogenated alkanes) is 3. The molecule has 0 rings (SSSR count). The zero-order chi connectivity index (χ0) is 15.2. The van der Waals surface area contributed by atoms with Gasteiger partial charge in [-0.15, -0.1) is 0 Å². The van der Waals surface area contributed by atoms with Crippen molar-refractivity contribution in [2.45, 2.75) is 74.9 Å². The summed E-state index contributed by atoms with van der Waals surface area (Å²) in [5.74, 6) is -0.180. The Bertz CT molecular complexity index is 267. The van der Waals surface area contributed by atoms with Gasteiger partial charge in [-0.05, 0) is 38.5 Å². The molecule has 0 bridgehead atoms. The summed E-state index contributed by atoms with van der Waals surface area (Å²) in [5, 5.41) is 0. The molecule has 20 heavy (non-hydrogen) atoms. The van der Waals surface area contributed by atoms with Gasteiger partial charge in [0.15, 0.2) is 0 Å². The van der Waals surface area contributed by atoms with Gasteiger partial charge in [-0.3, -0.25) is 4.79 Å². The second-order valence-corrected chi connectivity index (χ2v) is 7.38. The molecular formula is C16H28Br2O2. The Morgan fingerprint density at radius 3 is 2.30 bits per heavy atom. The molecule has 0 aromatic carbocycles. The van der Waals surface area contributed by atoms with Crippen molar-refractivity contribution in [2.75, 3.05) is 6.61 Å². The van der Waals surface area contributed by atoms with Crippen LogP contribution in [0.25, 0.3) is 0 Å². The van der Waals surface area contributed by atoms with Gasteiger partial charge >= 0.3 is 5.97 Å². The first-order chi connectivity index (χ1) is 9.57. The van der Waals surface area contributed by atoms with E-state index < -0.39 is 0 Å². The van der Waals surface area contributed by atoms with Gasteiger partial charge in [0, 0.05) is 16.6 Å². The van der Waals surface area contributed by atoms with Gasteiger partial charge in [-0.1, -0.05) is 63.8 Å². The molecular weight excluding hydrogens is 384 g/mol. The van der Waals surface area contributed by atoms with Crippen LogP contribution in [0.4, 0.5) is 0 Å². The minimum Gasteiger partial charge on any atom is -0.466 e. The Kier molecular flexibility index (Phi) is 14.2. The molecule has 0 spiro atoms. The Labute approximate surface area is 141 Å². The second-order valence-electron chi connectivity index (χ2n) is 5.03. The molecule has 118 valence electrons. The van der Waals surface area contributed by atoms with E-state index in [4.69, 9.17) is 4.74 Å². The van der Waals surface area contributed by atoms with Crippen LogP contribution in [0, 0.1) is 0 Å². The van der Waals surface area contributed by atoms with E-state index in [0.29, 0.717) is 16.3 Å². The minimum atomic E-state index is -0.180. The molecule has 0 aliphatic rings. The van der Waals surface area contributed by atoms with Crippen LogP contribution in [0.3, 0.4) is 0 Å². The third-order valence-electron chi connectivity index (χ3n) is 3.08. The van der Waals surface area contributed by atoms with Crippen molar-refractivity contribution in [2.24, 2.45) is 0 Å². The highest BCUT2D eigenvalue weighted by Gasteiger charge is 2.14. The minimum absolute atomic E-state index is 0.180. The van der Waals surface area contributed by atoms with E-state index >= 15 is 0 Å². The number of hydrogen-bond acceptors (Lipinski definition) is 2. The molecule has 0 aromatic heterocycles. The maximum atomic E-state index is 10.6. The number of alkyl halides is 2. The number of hydrogen-bond donors (Lipinski definition) is 0. The summed E-state index contributed by atoms with van der Waals surface area (Å²) < 4.78 is 4.92. The SMILES string of the molecule is CC/C=C/CCCC(Br)C(Br)CCCCCOC(C)=O. The number of esters is 1. The number of carbonyl (C=O) groups excluding carboxylic acids is 1. The van der Waals surface area contributed by atoms with Crippen LogP contribution in [0.2, 0.25) is 0 Å². The summed E-state index contributed by atoms with van der Waals surface area (Å²) in [7, 11) is 0. The molecule has 0 fully saturated rings. The lowest BCUT2D eigenvalue weighted by Gasteiger charge is -2.16. The van der Waals surface area contributed by atoms with Crippen LogP contribution in [0.5, 0.6) is 0 Å². The van der Waals surface area contributed by atoms with Crippen LogP contribution in [-0.4, -0.2) is 22.2 Å². The number of allylic oxidation sites excluding steroid dienone is 2. The molecule has 2 unspecified atom stereocenters. The van der Waals surface area contributed by atoms with Crippen LogP contribution in [0.1, 0.15) is 65.2 Å². The van der Waals surface area contributed by atoms with E-state index in [2.05, 4.69) is 50.9 Å². The molecule has 4 heteroatoms. The van der Waals surface area contributed by atoms with E-state index in [0.717, 1.165) is 19.3 Å². The lowest BCUT2D eigenvalue weighted by Crippen LogP contribution is -2.13. The molecule has 0 heterocycles. The third kappa shape index (κ3) is 13.2. The van der Waals surface area contributed by atoms with Crippen molar-refractivity contribution in [3.63, 3.8) is 0 Å². The molecule has 2 nitrogen and oxygen atoms in total. The normalized spacial score (nSPS) is 14.4. The van der Waals surface area contributed by atoms with Crippen molar-refractivity contribution in [3.05, 3.63) is 12.2 Å². The first-order valence-corrected chi connectivity index (χ1v) is 9.47. The van der Waals surface area contributed by atoms with Crippen molar-refractivity contribution in [1.82, 2.24) is 0 Å². The van der Waals surface area contributed by atoms with E-state index in [-0.39, 0.29) is 5.97 Å². The average Bonchev–Trinajstić information content (AvgIpc) is 2.41. The zero-order valence-corrected chi connectivity index (χ0v) is 15.9. The molecule has 0 saturated carbocycles. The Morgan fingerprint density at radius 2 is 1.70 bits per heavy atom. The van der Waals surface area contributed by atoms with Crippen LogP contribution in [-0.2, 0) is 9.53 Å². The largest absolute Gasteiger partial charge is 0.466 e. The van der Waals surface area contributed by atoms with Crippen molar-refractivity contribution in [3.8, 4) is 0 Å². The quantitative estimate of drug-likeness (QED) is 0.176. The number of carbonyl (C=O) groups is 1. The lowest BCUT2D eigenvalue weighted by molar-refractivity contribution is -0.141. The second kappa shape index (κ2) is 14.1. The van der Waals surface area contributed by atoms with Crippen molar-refractivity contribution in [1.29, 1.82) is 0 Å². The average molecular weight is 412 g/mol. The molecule has 0 amide bonds. The molecule has 0 N–H and O–H groups in total. The Morgan fingerprint density at radius 1 is 1.05 bits per heavy atom. The fourth-order valence-electron chi connectivity index (χ4n) is 1.91. The zero-order valence-electron chi connectivity index (χ0n) is 12.7. The topological polar surface area (TPSA) is 26.3 Å².